The Morgan fingerprint density at radius 2 is 0.821 bits per heavy atom. The molecule has 1 amide bonds. The minimum Gasteiger partial charge on any atom is -0.394 e. The molecular weight excluding hydrogens is 482 g/mol. The lowest BCUT2D eigenvalue weighted by Gasteiger charge is -2.22. The van der Waals surface area contributed by atoms with Crippen LogP contribution in [0.1, 0.15) is 200 Å². The molecule has 0 saturated carbocycles. The van der Waals surface area contributed by atoms with E-state index in [4.69, 9.17) is 0 Å². The number of carbonyl (C=O) groups is 1. The van der Waals surface area contributed by atoms with Gasteiger partial charge in [-0.2, -0.15) is 0 Å². The molecule has 0 aromatic rings. The summed E-state index contributed by atoms with van der Waals surface area (Å²) < 4.78 is 0. The fraction of sp³-hybridized carbons (Fsp3) is 0.971. The van der Waals surface area contributed by atoms with Crippen molar-refractivity contribution in [3.63, 3.8) is 0 Å². The van der Waals surface area contributed by atoms with Crippen LogP contribution in [0.25, 0.3) is 0 Å². The molecule has 0 radical (unpaired) electrons. The van der Waals surface area contributed by atoms with E-state index >= 15 is 0 Å². The lowest BCUT2D eigenvalue weighted by molar-refractivity contribution is -0.123. The summed E-state index contributed by atoms with van der Waals surface area (Å²) in [6, 6.07) is -0.525. The Morgan fingerprint density at radius 1 is 0.513 bits per heavy atom. The summed E-state index contributed by atoms with van der Waals surface area (Å²) in [7, 11) is 0. The van der Waals surface area contributed by atoms with Crippen molar-refractivity contribution >= 4 is 5.91 Å². The van der Waals surface area contributed by atoms with Crippen molar-refractivity contribution in [2.75, 3.05) is 6.61 Å². The topological polar surface area (TPSA) is 69.6 Å². The highest BCUT2D eigenvalue weighted by Gasteiger charge is 2.19. The number of amides is 1. The van der Waals surface area contributed by atoms with Crippen molar-refractivity contribution in [3.05, 3.63) is 0 Å². The number of hydrogen-bond donors (Lipinski definition) is 3. The predicted octanol–water partition coefficient (Wildman–Crippen LogP) is 10.2. The smallest absolute Gasteiger partial charge is 0.220 e. The molecular formula is C35H71NO3. The Labute approximate surface area is 244 Å². The summed E-state index contributed by atoms with van der Waals surface area (Å²) in [5, 5.41) is 22.8. The highest BCUT2D eigenvalue weighted by atomic mass is 16.3. The quantitative estimate of drug-likeness (QED) is 0.0726. The van der Waals surface area contributed by atoms with E-state index in [-0.39, 0.29) is 12.5 Å². The maximum absolute atomic E-state index is 12.1. The Kier molecular flexibility index (Phi) is 31.4. The number of aliphatic hydroxyl groups is 2. The molecule has 0 aliphatic carbocycles. The molecule has 39 heavy (non-hydrogen) atoms. The van der Waals surface area contributed by atoms with E-state index in [1.807, 2.05) is 0 Å². The summed E-state index contributed by atoms with van der Waals surface area (Å²) in [4.78, 5) is 12.1. The van der Waals surface area contributed by atoms with Gasteiger partial charge in [0.05, 0.1) is 18.8 Å². The first kappa shape index (κ1) is 38.4. The third-order valence-corrected chi connectivity index (χ3v) is 8.37. The maximum atomic E-state index is 12.1. The normalized spacial score (nSPS) is 13.0. The summed E-state index contributed by atoms with van der Waals surface area (Å²) >= 11 is 0. The van der Waals surface area contributed by atoms with E-state index in [9.17, 15) is 15.0 Å². The number of aliphatic hydroxyl groups excluding tert-OH is 2. The highest BCUT2D eigenvalue weighted by molar-refractivity contribution is 5.76. The average Bonchev–Trinajstić information content (AvgIpc) is 2.94. The van der Waals surface area contributed by atoms with Crippen LogP contribution in [0, 0.1) is 0 Å². The van der Waals surface area contributed by atoms with Crippen LogP contribution >= 0.6 is 0 Å². The van der Waals surface area contributed by atoms with Crippen molar-refractivity contribution in [3.8, 4) is 0 Å². The van der Waals surface area contributed by atoms with E-state index in [0.717, 1.165) is 25.7 Å². The van der Waals surface area contributed by atoms with E-state index < -0.39 is 12.1 Å². The van der Waals surface area contributed by atoms with Gasteiger partial charge in [-0.05, 0) is 12.8 Å². The summed E-state index contributed by atoms with van der Waals surface area (Å²) in [6.07, 6.45) is 36.2. The SMILES string of the molecule is CCCCCCCCCCCCCCCCCCCCCCCCC(O)C(CO)NC(=O)CCCCCCC. The molecule has 0 aromatic heterocycles. The maximum Gasteiger partial charge on any atom is 0.220 e. The molecule has 0 rings (SSSR count). The van der Waals surface area contributed by atoms with E-state index in [1.165, 1.54) is 148 Å². The minimum atomic E-state index is -0.649. The van der Waals surface area contributed by atoms with Gasteiger partial charge in [0, 0.05) is 6.42 Å². The fourth-order valence-corrected chi connectivity index (χ4v) is 5.59. The number of carbonyl (C=O) groups excluding carboxylic acids is 1. The van der Waals surface area contributed by atoms with E-state index in [1.54, 1.807) is 0 Å². The van der Waals surface area contributed by atoms with Crippen LogP contribution in [0.15, 0.2) is 0 Å². The average molecular weight is 554 g/mol. The van der Waals surface area contributed by atoms with Crippen LogP contribution in [0.4, 0.5) is 0 Å². The van der Waals surface area contributed by atoms with Gasteiger partial charge >= 0.3 is 0 Å². The van der Waals surface area contributed by atoms with Gasteiger partial charge in [-0.15, -0.1) is 0 Å². The first-order valence-corrected chi connectivity index (χ1v) is 17.7. The molecule has 4 heteroatoms. The number of rotatable bonds is 32. The third-order valence-electron chi connectivity index (χ3n) is 8.37. The van der Waals surface area contributed by atoms with Gasteiger partial charge in [0.2, 0.25) is 5.91 Å². The zero-order valence-electron chi connectivity index (χ0n) is 26.7. The van der Waals surface area contributed by atoms with Gasteiger partial charge < -0.3 is 15.5 Å². The molecule has 3 N–H and O–H groups in total. The lowest BCUT2D eigenvalue weighted by Crippen LogP contribution is -2.45. The molecule has 4 nitrogen and oxygen atoms in total. The molecule has 234 valence electrons. The van der Waals surface area contributed by atoms with Crippen molar-refractivity contribution in [1.82, 2.24) is 5.32 Å². The molecule has 2 atom stereocenters. The van der Waals surface area contributed by atoms with Gasteiger partial charge in [-0.3, -0.25) is 4.79 Å². The Morgan fingerprint density at radius 3 is 1.15 bits per heavy atom. The summed E-state index contributed by atoms with van der Waals surface area (Å²) in [5.41, 5.74) is 0. The largest absolute Gasteiger partial charge is 0.394 e. The Hall–Kier alpha value is -0.610. The van der Waals surface area contributed by atoms with Crippen molar-refractivity contribution in [2.45, 2.75) is 212 Å². The zero-order chi connectivity index (χ0) is 28.7. The van der Waals surface area contributed by atoms with Crippen LogP contribution in [0.5, 0.6) is 0 Å². The minimum absolute atomic E-state index is 0.0429. The van der Waals surface area contributed by atoms with Gasteiger partial charge in [-0.25, -0.2) is 0 Å². The number of hydrogen-bond acceptors (Lipinski definition) is 3. The van der Waals surface area contributed by atoms with E-state index in [2.05, 4.69) is 19.2 Å². The monoisotopic (exact) mass is 554 g/mol. The van der Waals surface area contributed by atoms with Crippen molar-refractivity contribution in [2.24, 2.45) is 0 Å². The fourth-order valence-electron chi connectivity index (χ4n) is 5.59. The van der Waals surface area contributed by atoms with Crippen LogP contribution in [-0.4, -0.2) is 34.9 Å². The third kappa shape index (κ3) is 28.7. The molecule has 0 fully saturated rings. The number of nitrogens with one attached hydrogen (secondary N) is 1. The lowest BCUT2D eigenvalue weighted by atomic mass is 10.0. The first-order chi connectivity index (χ1) is 19.2. The molecule has 0 aliphatic rings. The first-order valence-electron chi connectivity index (χ1n) is 17.7. The van der Waals surface area contributed by atoms with Crippen LogP contribution in [0.3, 0.4) is 0 Å². The van der Waals surface area contributed by atoms with Crippen LogP contribution < -0.4 is 5.32 Å². The summed E-state index contributed by atoms with van der Waals surface area (Å²) in [5.74, 6) is -0.0429. The van der Waals surface area contributed by atoms with Gasteiger partial charge in [0.15, 0.2) is 0 Å². The predicted molar refractivity (Wildman–Crippen MR) is 170 cm³/mol. The van der Waals surface area contributed by atoms with Gasteiger partial charge in [-0.1, -0.05) is 181 Å². The van der Waals surface area contributed by atoms with E-state index in [0.29, 0.717) is 12.8 Å². The molecule has 0 heterocycles. The molecule has 2 unspecified atom stereocenters. The zero-order valence-corrected chi connectivity index (χ0v) is 26.7. The summed E-state index contributed by atoms with van der Waals surface area (Å²) in [6.45, 7) is 4.28. The second-order valence-electron chi connectivity index (χ2n) is 12.3. The highest BCUT2D eigenvalue weighted by Crippen LogP contribution is 2.16. The molecule has 0 saturated heterocycles. The molecule has 0 bridgehead atoms. The van der Waals surface area contributed by atoms with Crippen molar-refractivity contribution < 1.29 is 15.0 Å². The molecule has 0 aromatic carbocycles. The Bertz CT molecular complexity index is 485. The van der Waals surface area contributed by atoms with Crippen LogP contribution in [0.2, 0.25) is 0 Å². The standard InChI is InChI=1S/C35H71NO3/c1-3-5-7-9-10-11-12-13-14-15-16-17-18-19-20-21-22-23-24-25-27-28-30-34(38)33(32-37)36-35(39)31-29-26-8-6-4-2/h33-34,37-38H,3-32H2,1-2H3,(H,36,39). The van der Waals surface area contributed by atoms with Gasteiger partial charge in [0.25, 0.3) is 0 Å². The van der Waals surface area contributed by atoms with Crippen LogP contribution in [-0.2, 0) is 4.79 Å². The second kappa shape index (κ2) is 31.9. The Balaban J connectivity index is 3.39. The van der Waals surface area contributed by atoms with Gasteiger partial charge in [0.1, 0.15) is 0 Å². The molecule has 0 aliphatic heterocycles. The van der Waals surface area contributed by atoms with Crippen molar-refractivity contribution in [1.29, 1.82) is 0 Å². The molecule has 0 spiro atoms. The number of unbranched alkanes of at least 4 members (excludes halogenated alkanes) is 25. The second-order valence-corrected chi connectivity index (χ2v) is 12.3.